The van der Waals surface area contributed by atoms with Gasteiger partial charge in [-0.05, 0) is 0 Å². The van der Waals surface area contributed by atoms with Crippen molar-refractivity contribution in [3.05, 3.63) is 32.5 Å². The van der Waals surface area contributed by atoms with Gasteiger partial charge < -0.3 is 9.80 Å². The van der Waals surface area contributed by atoms with E-state index in [1.165, 1.54) is 4.90 Å². The van der Waals surface area contributed by atoms with Gasteiger partial charge in [0.25, 0.3) is 5.69 Å². The predicted octanol–water partition coefficient (Wildman–Crippen LogP) is -0.521. The highest BCUT2D eigenvalue weighted by Crippen LogP contribution is 2.28. The van der Waals surface area contributed by atoms with Crippen molar-refractivity contribution in [2.45, 2.75) is 0 Å². The van der Waals surface area contributed by atoms with Gasteiger partial charge in [0.2, 0.25) is 5.82 Å². The Morgan fingerprint density at radius 1 is 1.32 bits per heavy atom. The lowest BCUT2D eigenvalue weighted by Gasteiger charge is -2.18. The van der Waals surface area contributed by atoms with Crippen LogP contribution in [0, 0.1) is 20.2 Å². The number of anilines is 1. The van der Waals surface area contributed by atoms with E-state index < -0.39 is 9.85 Å². The van der Waals surface area contributed by atoms with E-state index in [9.17, 15) is 20.2 Å². The van der Waals surface area contributed by atoms with Crippen LogP contribution in [0.1, 0.15) is 0 Å². The van der Waals surface area contributed by atoms with E-state index in [2.05, 4.69) is 4.98 Å². The maximum Gasteiger partial charge on any atom is 0.318 e. The molecule has 0 spiro atoms. The molecule has 1 rings (SSSR count). The number of nitrogens with zero attached hydrogens (tertiary/aromatic N) is 4. The molecular weight excluding hydrogens is 254 g/mol. The van der Waals surface area contributed by atoms with E-state index >= 15 is 0 Å². The summed E-state index contributed by atoms with van der Waals surface area (Å²) in [4.78, 5) is 26.8. The third-order valence-corrected chi connectivity index (χ3v) is 2.55. The van der Waals surface area contributed by atoms with Crippen molar-refractivity contribution < 1.29 is 14.7 Å². The van der Waals surface area contributed by atoms with Gasteiger partial charge in [-0.25, -0.2) is 4.98 Å². The number of nitro groups is 2. The molecular formula is C10H16N5O4+. The summed E-state index contributed by atoms with van der Waals surface area (Å²) in [6, 6.07) is 0.932. The Kier molecular flexibility index (Phi) is 4.70. The number of rotatable bonds is 6. The van der Waals surface area contributed by atoms with Crippen LogP contribution in [0.2, 0.25) is 0 Å². The number of hydrogen-bond acceptors (Lipinski definition) is 6. The largest absolute Gasteiger partial charge is 0.348 e. The van der Waals surface area contributed by atoms with Crippen LogP contribution in [0.3, 0.4) is 0 Å². The molecule has 1 aromatic rings. The van der Waals surface area contributed by atoms with Gasteiger partial charge in [-0.3, -0.25) is 20.2 Å². The normalized spacial score (nSPS) is 10.5. The third kappa shape index (κ3) is 3.85. The van der Waals surface area contributed by atoms with Crippen LogP contribution < -0.4 is 9.80 Å². The second-order valence-corrected chi connectivity index (χ2v) is 4.43. The minimum atomic E-state index is -0.701. The number of quaternary nitrogens is 1. The number of aromatic nitrogens is 1. The van der Waals surface area contributed by atoms with Crippen LogP contribution >= 0.6 is 0 Å². The van der Waals surface area contributed by atoms with Gasteiger partial charge in [0.1, 0.15) is 6.20 Å². The Balaban J connectivity index is 3.06. The highest BCUT2D eigenvalue weighted by atomic mass is 16.6. The number of likely N-dealkylation sites (N-methyl/N-ethyl adjacent to an activating group) is 2. The lowest BCUT2D eigenvalue weighted by atomic mass is 10.3. The minimum absolute atomic E-state index is 0.136. The zero-order chi connectivity index (χ0) is 14.6. The topological polar surface area (TPSA) is 107 Å². The lowest BCUT2D eigenvalue weighted by Crippen LogP contribution is -3.06. The monoisotopic (exact) mass is 270 g/mol. The quantitative estimate of drug-likeness (QED) is 0.550. The Morgan fingerprint density at radius 2 is 1.95 bits per heavy atom. The molecule has 0 fully saturated rings. The zero-order valence-corrected chi connectivity index (χ0v) is 11.0. The van der Waals surface area contributed by atoms with Gasteiger partial charge >= 0.3 is 5.69 Å². The van der Waals surface area contributed by atoms with Crippen LogP contribution in [0.4, 0.5) is 17.2 Å². The second kappa shape index (κ2) is 6.05. The van der Waals surface area contributed by atoms with Crippen LogP contribution in [-0.4, -0.2) is 49.1 Å². The third-order valence-electron chi connectivity index (χ3n) is 2.55. The van der Waals surface area contributed by atoms with Crippen LogP contribution in [0.25, 0.3) is 0 Å². The zero-order valence-electron chi connectivity index (χ0n) is 11.0. The molecule has 0 amide bonds. The first-order valence-electron chi connectivity index (χ1n) is 5.62. The Labute approximate surface area is 109 Å². The van der Waals surface area contributed by atoms with E-state index in [0.717, 1.165) is 18.8 Å². The van der Waals surface area contributed by atoms with Gasteiger partial charge in [-0.2, -0.15) is 0 Å². The molecule has 0 bridgehead atoms. The molecule has 1 N–H and O–H groups in total. The van der Waals surface area contributed by atoms with Crippen molar-refractivity contribution >= 4 is 17.2 Å². The SMILES string of the molecule is CN(CC[NH+](C)C)c1ncc([N+](=O)[O-])cc1[N+](=O)[O-]. The number of nitrogens with one attached hydrogen (secondary N) is 1. The minimum Gasteiger partial charge on any atom is -0.348 e. The number of hydrogen-bond donors (Lipinski definition) is 1. The summed E-state index contributed by atoms with van der Waals surface area (Å²) in [6.45, 7) is 1.33. The smallest absolute Gasteiger partial charge is 0.318 e. The standard InChI is InChI=1S/C10H15N5O4/c1-12(2)4-5-13(3)10-9(15(18)19)6-8(7-11-10)14(16)17/h6-7H,4-5H2,1-3H3/p+1. The molecule has 1 heterocycles. The van der Waals surface area contributed by atoms with Crippen LogP contribution in [0.5, 0.6) is 0 Å². The summed E-state index contributed by atoms with van der Waals surface area (Å²) in [7, 11) is 5.60. The second-order valence-electron chi connectivity index (χ2n) is 4.43. The first-order valence-corrected chi connectivity index (χ1v) is 5.62. The molecule has 0 saturated heterocycles. The lowest BCUT2D eigenvalue weighted by molar-refractivity contribution is -0.856. The van der Waals surface area contributed by atoms with Gasteiger partial charge in [-0.15, -0.1) is 0 Å². The molecule has 104 valence electrons. The molecule has 0 saturated carbocycles. The Morgan fingerprint density at radius 3 is 2.42 bits per heavy atom. The van der Waals surface area contributed by atoms with Crippen LogP contribution in [0.15, 0.2) is 12.3 Å². The van der Waals surface area contributed by atoms with Crippen molar-refractivity contribution in [2.24, 2.45) is 0 Å². The fourth-order valence-corrected chi connectivity index (χ4v) is 1.46. The predicted molar refractivity (Wildman–Crippen MR) is 68.5 cm³/mol. The average molecular weight is 270 g/mol. The molecule has 0 aliphatic carbocycles. The fraction of sp³-hybridized carbons (Fsp3) is 0.500. The molecule has 0 atom stereocenters. The fourth-order valence-electron chi connectivity index (χ4n) is 1.46. The van der Waals surface area contributed by atoms with Gasteiger partial charge in [0, 0.05) is 7.05 Å². The molecule has 1 aromatic heterocycles. The molecule has 19 heavy (non-hydrogen) atoms. The molecule has 0 aliphatic rings. The molecule has 0 aliphatic heterocycles. The van der Waals surface area contributed by atoms with E-state index in [1.807, 2.05) is 14.1 Å². The molecule has 0 aromatic carbocycles. The van der Waals surface area contributed by atoms with E-state index in [4.69, 9.17) is 0 Å². The Hall–Kier alpha value is -2.29. The summed E-state index contributed by atoms with van der Waals surface area (Å²) in [5.41, 5.74) is -0.743. The first-order chi connectivity index (χ1) is 8.82. The molecule has 0 unspecified atom stereocenters. The average Bonchev–Trinajstić information content (AvgIpc) is 2.34. The van der Waals surface area contributed by atoms with Crippen molar-refractivity contribution in [1.29, 1.82) is 0 Å². The molecule has 9 nitrogen and oxygen atoms in total. The Bertz CT molecular complexity index is 491. The van der Waals surface area contributed by atoms with E-state index in [1.54, 1.807) is 11.9 Å². The maximum absolute atomic E-state index is 11.0. The summed E-state index contributed by atoms with van der Waals surface area (Å²) >= 11 is 0. The summed E-state index contributed by atoms with van der Waals surface area (Å²) < 4.78 is 0. The van der Waals surface area contributed by atoms with Gasteiger partial charge in [0.05, 0.1) is 43.1 Å². The highest BCUT2D eigenvalue weighted by Gasteiger charge is 2.23. The maximum atomic E-state index is 11.0. The highest BCUT2D eigenvalue weighted by molar-refractivity contribution is 5.60. The molecule has 0 radical (unpaired) electrons. The van der Waals surface area contributed by atoms with Crippen molar-refractivity contribution in [2.75, 3.05) is 39.1 Å². The first kappa shape index (κ1) is 14.8. The number of pyridine rings is 1. The van der Waals surface area contributed by atoms with Crippen molar-refractivity contribution in [3.8, 4) is 0 Å². The van der Waals surface area contributed by atoms with Gasteiger partial charge in [0.15, 0.2) is 0 Å². The van der Waals surface area contributed by atoms with Crippen LogP contribution in [-0.2, 0) is 0 Å². The summed E-state index contributed by atoms with van der Waals surface area (Å²) in [5, 5.41) is 21.5. The van der Waals surface area contributed by atoms with Gasteiger partial charge in [-0.1, -0.05) is 0 Å². The van der Waals surface area contributed by atoms with Crippen molar-refractivity contribution in [1.82, 2.24) is 4.98 Å². The van der Waals surface area contributed by atoms with E-state index in [-0.39, 0.29) is 17.2 Å². The van der Waals surface area contributed by atoms with Crippen molar-refractivity contribution in [3.63, 3.8) is 0 Å². The molecule has 9 heteroatoms. The summed E-state index contributed by atoms with van der Waals surface area (Å²) in [5.74, 6) is 0.136. The summed E-state index contributed by atoms with van der Waals surface area (Å²) in [6.07, 6.45) is 1.03. The van der Waals surface area contributed by atoms with E-state index in [0.29, 0.717) is 6.54 Å².